The van der Waals surface area contributed by atoms with Crippen LogP contribution in [0.4, 0.5) is 18.0 Å². The smallest absolute Gasteiger partial charge is 0.416 e. The minimum absolute atomic E-state index is 0.139. The van der Waals surface area contributed by atoms with Gasteiger partial charge in [-0.3, -0.25) is 9.88 Å². The molecule has 2 heterocycles. The van der Waals surface area contributed by atoms with Crippen LogP contribution in [0.3, 0.4) is 0 Å². The fraction of sp³-hybridized carbons (Fsp3) is 0.242. The van der Waals surface area contributed by atoms with E-state index in [2.05, 4.69) is 4.98 Å². The third-order valence-electron chi connectivity index (χ3n) is 7.69. The van der Waals surface area contributed by atoms with Crippen molar-refractivity contribution in [3.8, 4) is 28.0 Å². The van der Waals surface area contributed by atoms with E-state index in [1.54, 1.807) is 56.4 Å². The Bertz CT molecular complexity index is 1720. The number of benzene rings is 3. The molecule has 2 atom stereocenters. The van der Waals surface area contributed by atoms with E-state index in [0.29, 0.717) is 16.9 Å². The third kappa shape index (κ3) is 5.90. The number of hydrogen-bond acceptors (Lipinski definition) is 5. The number of carboxylic acid groups (broad SMARTS) is 1. The van der Waals surface area contributed by atoms with Crippen molar-refractivity contribution < 1.29 is 37.3 Å². The minimum Gasteiger partial charge on any atom is -0.496 e. The normalized spacial score (nSPS) is 16.7. The highest BCUT2D eigenvalue weighted by Gasteiger charge is 2.40. The Labute approximate surface area is 246 Å². The largest absolute Gasteiger partial charge is 0.496 e. The minimum atomic E-state index is -4.60. The van der Waals surface area contributed by atoms with E-state index in [0.717, 1.165) is 40.1 Å². The monoisotopic (exact) mass is 590 g/mol. The molecule has 43 heavy (non-hydrogen) atoms. The summed E-state index contributed by atoms with van der Waals surface area (Å²) in [5, 5.41) is 9.35. The maximum absolute atomic E-state index is 13.9. The first-order valence-electron chi connectivity index (χ1n) is 13.5. The zero-order valence-electron chi connectivity index (χ0n) is 23.9. The van der Waals surface area contributed by atoms with Crippen LogP contribution in [-0.4, -0.2) is 40.2 Å². The molecule has 4 aromatic rings. The maximum Gasteiger partial charge on any atom is 0.416 e. The summed E-state index contributed by atoms with van der Waals surface area (Å²) in [7, 11) is 1.47. The van der Waals surface area contributed by atoms with Crippen molar-refractivity contribution in [2.24, 2.45) is 0 Å². The molecule has 222 valence electrons. The highest BCUT2D eigenvalue weighted by molar-refractivity contribution is 5.89. The van der Waals surface area contributed by atoms with Gasteiger partial charge in [0.05, 0.1) is 30.8 Å². The highest BCUT2D eigenvalue weighted by Crippen LogP contribution is 2.41. The third-order valence-corrected chi connectivity index (χ3v) is 7.69. The van der Waals surface area contributed by atoms with Crippen LogP contribution in [0.25, 0.3) is 22.3 Å². The van der Waals surface area contributed by atoms with Gasteiger partial charge in [0.2, 0.25) is 0 Å². The van der Waals surface area contributed by atoms with Crippen LogP contribution in [0, 0.1) is 13.8 Å². The number of aryl methyl sites for hydroxylation is 2. The molecule has 0 aliphatic carbocycles. The predicted molar refractivity (Wildman–Crippen MR) is 154 cm³/mol. The van der Waals surface area contributed by atoms with Gasteiger partial charge in [0, 0.05) is 17.5 Å². The van der Waals surface area contributed by atoms with Gasteiger partial charge in [0.1, 0.15) is 11.9 Å². The lowest BCUT2D eigenvalue weighted by atomic mass is 9.91. The number of cyclic esters (lactones) is 1. The number of aromatic nitrogens is 1. The molecule has 10 heteroatoms. The summed E-state index contributed by atoms with van der Waals surface area (Å²) in [6, 6.07) is 16.6. The zero-order chi connectivity index (χ0) is 31.1. The van der Waals surface area contributed by atoms with Crippen LogP contribution < -0.4 is 4.74 Å². The van der Waals surface area contributed by atoms with E-state index in [-0.39, 0.29) is 17.7 Å². The number of pyridine rings is 1. The Hall–Kier alpha value is -4.86. The van der Waals surface area contributed by atoms with Crippen LogP contribution >= 0.6 is 0 Å². The van der Waals surface area contributed by atoms with Crippen LogP contribution in [0.1, 0.15) is 51.3 Å². The molecule has 1 aliphatic heterocycles. The number of alkyl halides is 3. The second-order valence-electron chi connectivity index (χ2n) is 10.5. The van der Waals surface area contributed by atoms with E-state index in [1.165, 1.54) is 24.1 Å². The van der Waals surface area contributed by atoms with Gasteiger partial charge in [-0.25, -0.2) is 9.59 Å². The van der Waals surface area contributed by atoms with Gasteiger partial charge < -0.3 is 14.6 Å². The molecule has 1 N–H and O–H groups in total. The Morgan fingerprint density at radius 3 is 2.40 bits per heavy atom. The summed E-state index contributed by atoms with van der Waals surface area (Å²) in [5.41, 5.74) is 4.23. The van der Waals surface area contributed by atoms with Gasteiger partial charge in [-0.1, -0.05) is 18.2 Å². The second-order valence-corrected chi connectivity index (χ2v) is 10.5. The number of aromatic carboxylic acids is 1. The van der Waals surface area contributed by atoms with Crippen LogP contribution in [0.2, 0.25) is 0 Å². The Morgan fingerprint density at radius 2 is 1.74 bits per heavy atom. The first-order chi connectivity index (χ1) is 20.4. The number of methoxy groups -OCH3 is 1. The van der Waals surface area contributed by atoms with Crippen molar-refractivity contribution in [2.45, 2.75) is 45.6 Å². The van der Waals surface area contributed by atoms with Crippen LogP contribution in [0.15, 0.2) is 72.9 Å². The van der Waals surface area contributed by atoms with Crippen molar-refractivity contribution in [2.75, 3.05) is 7.11 Å². The molecule has 1 fully saturated rings. The fourth-order valence-corrected chi connectivity index (χ4v) is 5.46. The summed E-state index contributed by atoms with van der Waals surface area (Å²) in [5.74, 6) is -0.623. The lowest BCUT2D eigenvalue weighted by Gasteiger charge is -2.24. The molecule has 0 spiro atoms. The molecule has 1 amide bonds. The number of carboxylic acids is 1. The number of ether oxygens (including phenoxy) is 2. The Kier molecular flexibility index (Phi) is 7.88. The first kappa shape index (κ1) is 29.6. The van der Waals surface area contributed by atoms with Crippen molar-refractivity contribution >= 4 is 12.1 Å². The molecule has 1 aliphatic rings. The van der Waals surface area contributed by atoms with E-state index in [1.807, 2.05) is 13.0 Å². The first-order valence-corrected chi connectivity index (χ1v) is 13.5. The van der Waals surface area contributed by atoms with Crippen LogP contribution in [0.5, 0.6) is 5.75 Å². The number of halogens is 3. The van der Waals surface area contributed by atoms with E-state index in [4.69, 9.17) is 9.47 Å². The van der Waals surface area contributed by atoms with Crippen molar-refractivity contribution in [1.82, 2.24) is 9.88 Å². The van der Waals surface area contributed by atoms with Gasteiger partial charge in [0.25, 0.3) is 0 Å². The van der Waals surface area contributed by atoms with E-state index < -0.39 is 35.9 Å². The summed E-state index contributed by atoms with van der Waals surface area (Å²) in [6.07, 6.45) is -4.23. The van der Waals surface area contributed by atoms with Gasteiger partial charge in [-0.2, -0.15) is 13.2 Å². The van der Waals surface area contributed by atoms with E-state index in [9.17, 15) is 27.9 Å². The standard InChI is InChI=1S/C33H29F3N2O5/c1-18-13-23(31(39)40)5-8-26(18)21-6-10-29(42-4)28(16-21)27-9-7-25(33(34,35)36)15-24(27)17-38-20(3)30(43-32(38)41)22-11-12-37-19(2)14-22/h5-16,20,30H,17H2,1-4H3,(H,39,40)/t20?,30-/m0/s1. The molecule has 0 bridgehead atoms. The van der Waals surface area contributed by atoms with Gasteiger partial charge >= 0.3 is 18.2 Å². The molecule has 0 saturated carbocycles. The number of rotatable bonds is 7. The molecular weight excluding hydrogens is 561 g/mol. The number of carbonyl (C=O) groups excluding carboxylic acids is 1. The SMILES string of the molecule is COc1ccc(-c2ccc(C(=O)O)cc2C)cc1-c1ccc(C(F)(F)F)cc1CN1C(=O)O[C@H](c2ccnc(C)c2)C1C. The van der Waals surface area contributed by atoms with Gasteiger partial charge in [-0.15, -0.1) is 0 Å². The van der Waals surface area contributed by atoms with Crippen molar-refractivity contribution in [1.29, 1.82) is 0 Å². The van der Waals surface area contributed by atoms with Gasteiger partial charge in [-0.05, 0) is 103 Å². The summed E-state index contributed by atoms with van der Waals surface area (Å²) in [4.78, 5) is 30.1. The summed E-state index contributed by atoms with van der Waals surface area (Å²) < 4.78 is 52.9. The number of amides is 1. The lowest BCUT2D eigenvalue weighted by Crippen LogP contribution is -2.31. The fourth-order valence-electron chi connectivity index (χ4n) is 5.46. The quantitative estimate of drug-likeness (QED) is 0.236. The topological polar surface area (TPSA) is 89.0 Å². The van der Waals surface area contributed by atoms with E-state index >= 15 is 0 Å². The molecule has 1 unspecified atom stereocenters. The molecule has 0 radical (unpaired) electrons. The predicted octanol–water partition coefficient (Wildman–Crippen LogP) is 7.84. The molecular formula is C33H29F3N2O5. The van der Waals surface area contributed by atoms with Crippen molar-refractivity contribution in [3.05, 3.63) is 106 Å². The maximum atomic E-state index is 13.9. The molecule has 5 rings (SSSR count). The summed E-state index contributed by atoms with van der Waals surface area (Å²) >= 11 is 0. The van der Waals surface area contributed by atoms with Gasteiger partial charge in [0.15, 0.2) is 0 Å². The number of carbonyl (C=O) groups is 2. The number of hydrogen-bond donors (Lipinski definition) is 1. The molecule has 1 aromatic heterocycles. The Balaban J connectivity index is 1.59. The van der Waals surface area contributed by atoms with Crippen LogP contribution in [-0.2, 0) is 17.5 Å². The average Bonchev–Trinajstić information content (AvgIpc) is 3.24. The summed E-state index contributed by atoms with van der Waals surface area (Å²) in [6.45, 7) is 5.26. The lowest BCUT2D eigenvalue weighted by molar-refractivity contribution is -0.137. The molecule has 1 saturated heterocycles. The molecule has 7 nitrogen and oxygen atoms in total. The zero-order valence-corrected chi connectivity index (χ0v) is 23.9. The Morgan fingerprint density at radius 1 is 1.00 bits per heavy atom. The average molecular weight is 591 g/mol. The van der Waals surface area contributed by atoms with Crippen molar-refractivity contribution in [3.63, 3.8) is 0 Å². The molecule has 3 aromatic carbocycles. The number of nitrogens with zero attached hydrogens (tertiary/aromatic N) is 2. The second kappa shape index (κ2) is 11.4. The highest BCUT2D eigenvalue weighted by atomic mass is 19.4.